The summed E-state index contributed by atoms with van der Waals surface area (Å²) in [6.45, 7) is 4.72. The molecule has 0 saturated carbocycles. The number of fused-ring (bicyclic) bond motifs is 2. The molecule has 3 aromatic carbocycles. The Balaban J connectivity index is 1.77. The number of benzene rings is 3. The number of carbonyl (C=O) groups excluding carboxylic acids is 3. The van der Waals surface area contributed by atoms with Crippen LogP contribution in [0.2, 0.25) is 10.0 Å². The lowest BCUT2D eigenvalue weighted by Crippen LogP contribution is -2.57. The van der Waals surface area contributed by atoms with Crippen LogP contribution in [-0.2, 0) is 29.8 Å². The highest BCUT2D eigenvalue weighted by molar-refractivity contribution is 7.89. The van der Waals surface area contributed by atoms with Crippen LogP contribution in [0.5, 0.6) is 11.5 Å². The number of halogens is 2. The second-order valence-electron chi connectivity index (χ2n) is 11.5. The Hall–Kier alpha value is -3.80. The molecule has 1 saturated heterocycles. The van der Waals surface area contributed by atoms with Crippen molar-refractivity contribution in [3.05, 3.63) is 86.9 Å². The van der Waals surface area contributed by atoms with Crippen molar-refractivity contribution >= 4 is 56.6 Å². The molecule has 0 radical (unpaired) electrons. The highest BCUT2D eigenvalue weighted by Crippen LogP contribution is 2.59. The van der Waals surface area contributed by atoms with Gasteiger partial charge >= 0.3 is 0 Å². The molecule has 1 spiro atoms. The molecule has 2 aliphatic rings. The Morgan fingerprint density at radius 3 is 2.34 bits per heavy atom. The Morgan fingerprint density at radius 1 is 1.00 bits per heavy atom. The average molecular weight is 661 g/mol. The van der Waals surface area contributed by atoms with E-state index < -0.39 is 44.8 Å². The van der Waals surface area contributed by atoms with Crippen LogP contribution in [0.4, 0.5) is 5.69 Å². The SMILES string of the molecule is COc1ccc(C)cc1[C@@H]1NC(=O)C[C@H](c2cc(Cl)ccc2OC(C)(C)C(=O)NS(C)(=O)=O)[C@@]12C(=O)Nc1cc(Cl)ccc12. The molecule has 3 atom stereocenters. The summed E-state index contributed by atoms with van der Waals surface area (Å²) in [7, 11) is -2.37. The van der Waals surface area contributed by atoms with Crippen molar-refractivity contribution in [2.45, 2.75) is 50.2 Å². The first-order chi connectivity index (χ1) is 20.6. The standard InChI is InChI=1S/C31H31Cl2N3O7S/c1-16-6-10-24(42-4)20(12-16)27-31(21-9-7-18(33)14-23(21)34-29(31)39)22(15-26(37)35-27)19-13-17(32)8-11-25(19)43-30(2,3)28(38)36-44(5,40)41/h6-14,22,27H,15H2,1-5H3,(H,34,39)(H,35,37)(H,36,38)/t22-,27+,31-/m1/s1. The number of anilines is 1. The molecular formula is C31H31Cl2N3O7S. The third-order valence-electron chi connectivity index (χ3n) is 7.98. The second-order valence-corrected chi connectivity index (χ2v) is 14.1. The molecule has 44 heavy (non-hydrogen) atoms. The number of amides is 3. The molecule has 0 aromatic heterocycles. The van der Waals surface area contributed by atoms with E-state index in [9.17, 15) is 22.8 Å². The van der Waals surface area contributed by atoms with E-state index in [0.717, 1.165) is 11.8 Å². The molecule has 0 bridgehead atoms. The Labute approximate surface area is 265 Å². The molecule has 3 aromatic rings. The fraction of sp³-hybridized carbons (Fsp3) is 0.323. The van der Waals surface area contributed by atoms with Gasteiger partial charge in [0.15, 0.2) is 5.60 Å². The smallest absolute Gasteiger partial charge is 0.277 e. The van der Waals surface area contributed by atoms with Gasteiger partial charge in [0.05, 0.1) is 19.4 Å². The van der Waals surface area contributed by atoms with Crippen LogP contribution < -0.4 is 24.8 Å². The van der Waals surface area contributed by atoms with Crippen molar-refractivity contribution < 1.29 is 32.3 Å². The molecule has 0 aliphatic carbocycles. The van der Waals surface area contributed by atoms with Crippen LogP contribution >= 0.6 is 23.2 Å². The van der Waals surface area contributed by atoms with Crippen molar-refractivity contribution in [1.82, 2.24) is 10.0 Å². The molecule has 10 nitrogen and oxygen atoms in total. The average Bonchev–Trinajstić information content (AvgIpc) is 3.20. The number of rotatable bonds is 7. The minimum Gasteiger partial charge on any atom is -0.496 e. The lowest BCUT2D eigenvalue weighted by atomic mass is 9.59. The van der Waals surface area contributed by atoms with Crippen molar-refractivity contribution in [2.75, 3.05) is 18.7 Å². The molecular weight excluding hydrogens is 629 g/mol. The quantitative estimate of drug-likeness (QED) is 0.332. The zero-order valence-corrected chi connectivity index (χ0v) is 26.9. The summed E-state index contributed by atoms with van der Waals surface area (Å²) in [5, 5.41) is 6.74. The van der Waals surface area contributed by atoms with Crippen molar-refractivity contribution in [3.63, 3.8) is 0 Å². The number of hydrogen-bond acceptors (Lipinski definition) is 7. The monoisotopic (exact) mass is 659 g/mol. The highest BCUT2D eigenvalue weighted by atomic mass is 35.5. The first kappa shape index (κ1) is 31.6. The van der Waals surface area contributed by atoms with Gasteiger partial charge in [-0.1, -0.05) is 47.0 Å². The van der Waals surface area contributed by atoms with Crippen molar-refractivity contribution in [3.8, 4) is 11.5 Å². The first-order valence-corrected chi connectivity index (χ1v) is 16.3. The molecule has 2 heterocycles. The number of nitrogens with one attached hydrogen (secondary N) is 3. The fourth-order valence-electron chi connectivity index (χ4n) is 6.10. The third kappa shape index (κ3) is 5.60. The maximum absolute atomic E-state index is 14.5. The van der Waals surface area contributed by atoms with Gasteiger partial charge in [-0.25, -0.2) is 13.1 Å². The number of carbonyl (C=O) groups is 3. The predicted octanol–water partition coefficient (Wildman–Crippen LogP) is 4.78. The summed E-state index contributed by atoms with van der Waals surface area (Å²) in [5.41, 5.74) is -0.228. The van der Waals surface area contributed by atoms with Gasteiger partial charge in [-0.15, -0.1) is 0 Å². The van der Waals surface area contributed by atoms with Gasteiger partial charge in [-0.05, 0) is 62.7 Å². The topological polar surface area (TPSA) is 140 Å². The van der Waals surface area contributed by atoms with Crippen LogP contribution in [0.15, 0.2) is 54.6 Å². The summed E-state index contributed by atoms with van der Waals surface area (Å²) in [5.74, 6) is -1.91. The molecule has 232 valence electrons. The number of hydrogen-bond donors (Lipinski definition) is 3. The van der Waals surface area contributed by atoms with Crippen LogP contribution in [0, 0.1) is 6.92 Å². The van der Waals surface area contributed by atoms with Crippen LogP contribution in [0.1, 0.15) is 54.5 Å². The number of sulfonamides is 1. The van der Waals surface area contributed by atoms with Crippen molar-refractivity contribution in [1.29, 1.82) is 0 Å². The third-order valence-corrected chi connectivity index (χ3v) is 9.01. The zero-order chi connectivity index (χ0) is 32.2. The molecule has 13 heteroatoms. The number of ether oxygens (including phenoxy) is 2. The molecule has 1 fully saturated rings. The van der Waals surface area contributed by atoms with E-state index in [0.29, 0.717) is 38.2 Å². The van der Waals surface area contributed by atoms with Gasteiger partial charge in [0.2, 0.25) is 21.8 Å². The number of aryl methyl sites for hydroxylation is 1. The predicted molar refractivity (Wildman–Crippen MR) is 167 cm³/mol. The second kappa shape index (κ2) is 11.3. The minimum absolute atomic E-state index is 0.146. The van der Waals surface area contributed by atoms with Gasteiger partial charge in [0.25, 0.3) is 5.91 Å². The normalized spacial score (nSPS) is 21.3. The van der Waals surface area contributed by atoms with Gasteiger partial charge in [0.1, 0.15) is 16.9 Å². The summed E-state index contributed by atoms with van der Waals surface area (Å²) in [4.78, 5) is 41.0. The Kier molecular flexibility index (Phi) is 8.11. The van der Waals surface area contributed by atoms with Crippen LogP contribution in [0.25, 0.3) is 0 Å². The molecule has 5 rings (SSSR count). The largest absolute Gasteiger partial charge is 0.496 e. The maximum Gasteiger partial charge on any atom is 0.277 e. The Bertz CT molecular complexity index is 1810. The lowest BCUT2D eigenvalue weighted by Gasteiger charge is -2.47. The summed E-state index contributed by atoms with van der Waals surface area (Å²) >= 11 is 12.8. The van der Waals surface area contributed by atoms with E-state index in [1.54, 1.807) is 36.4 Å². The maximum atomic E-state index is 14.5. The lowest BCUT2D eigenvalue weighted by molar-refractivity contribution is -0.133. The van der Waals surface area contributed by atoms with E-state index >= 15 is 0 Å². The minimum atomic E-state index is -3.88. The van der Waals surface area contributed by atoms with Crippen LogP contribution in [0.3, 0.4) is 0 Å². The van der Waals surface area contributed by atoms with E-state index in [2.05, 4.69) is 10.6 Å². The van der Waals surface area contributed by atoms with Gasteiger partial charge in [-0.2, -0.15) is 0 Å². The van der Waals surface area contributed by atoms with Crippen molar-refractivity contribution in [2.24, 2.45) is 0 Å². The fourth-order valence-corrected chi connectivity index (χ4v) is 7.03. The van der Waals surface area contributed by atoms with E-state index in [-0.39, 0.29) is 18.1 Å². The van der Waals surface area contributed by atoms with Gasteiger partial charge in [0, 0.05) is 39.2 Å². The summed E-state index contributed by atoms with van der Waals surface area (Å²) in [6, 6.07) is 14.3. The van der Waals surface area contributed by atoms with E-state index in [1.807, 2.05) is 23.8 Å². The van der Waals surface area contributed by atoms with Gasteiger partial charge in [-0.3, -0.25) is 14.4 Å². The zero-order valence-electron chi connectivity index (χ0n) is 24.6. The first-order valence-electron chi connectivity index (χ1n) is 13.6. The molecule has 0 unspecified atom stereocenters. The molecule has 3 amide bonds. The van der Waals surface area contributed by atoms with E-state index in [1.165, 1.54) is 27.0 Å². The summed E-state index contributed by atoms with van der Waals surface area (Å²) in [6.07, 6.45) is 0.716. The van der Waals surface area contributed by atoms with Gasteiger partial charge < -0.3 is 20.1 Å². The molecule has 2 aliphatic heterocycles. The van der Waals surface area contributed by atoms with Crippen LogP contribution in [-0.4, -0.2) is 45.1 Å². The highest BCUT2D eigenvalue weighted by Gasteiger charge is 2.62. The number of methoxy groups -OCH3 is 1. The number of piperidine rings is 1. The van der Waals surface area contributed by atoms with E-state index in [4.69, 9.17) is 32.7 Å². The Morgan fingerprint density at radius 2 is 1.66 bits per heavy atom. The molecule has 3 N–H and O–H groups in total. The summed E-state index contributed by atoms with van der Waals surface area (Å²) < 4.78 is 37.5.